The van der Waals surface area contributed by atoms with Gasteiger partial charge in [-0.25, -0.2) is 4.98 Å². The van der Waals surface area contributed by atoms with Crippen LogP contribution in [0.5, 0.6) is 0 Å². The van der Waals surface area contributed by atoms with Gasteiger partial charge < -0.3 is 10.3 Å². The first-order chi connectivity index (χ1) is 10.5. The van der Waals surface area contributed by atoms with Crippen LogP contribution in [0.4, 0.5) is 11.8 Å². The van der Waals surface area contributed by atoms with Crippen molar-refractivity contribution in [3.63, 3.8) is 0 Å². The first-order valence-electron chi connectivity index (χ1n) is 7.32. The highest BCUT2D eigenvalue weighted by Gasteiger charge is 2.25. The lowest BCUT2D eigenvalue weighted by molar-refractivity contribution is -0.123. The van der Waals surface area contributed by atoms with Crippen LogP contribution < -0.4 is 10.6 Å². The summed E-state index contributed by atoms with van der Waals surface area (Å²) in [5, 5.41) is 5.40. The molecule has 8 nitrogen and oxygen atoms in total. The molecule has 3 N–H and O–H groups in total. The Labute approximate surface area is 134 Å². The van der Waals surface area contributed by atoms with E-state index in [2.05, 4.69) is 30.6 Å². The number of hydrogen-bond donors (Lipinski definition) is 3. The summed E-state index contributed by atoms with van der Waals surface area (Å²) in [6, 6.07) is 0. The Hall–Kier alpha value is -2.51. The zero-order valence-electron chi connectivity index (χ0n) is 14.2. The molecule has 0 aliphatic carbocycles. The standard InChI is InChI=1S/C15H22N6O2/c1-14(2,3)11(22)18-10-8-9(17-7-16-8)19-13(20-10)21-12(23)15(4,5)6/h7H,1-6H3,(H3,16,17,18,19,20,21,22,23). The van der Waals surface area contributed by atoms with Gasteiger partial charge in [0.05, 0.1) is 6.33 Å². The minimum atomic E-state index is -0.585. The van der Waals surface area contributed by atoms with Crippen molar-refractivity contribution in [1.29, 1.82) is 0 Å². The Morgan fingerprint density at radius 3 is 2.09 bits per heavy atom. The molecule has 2 aromatic heterocycles. The van der Waals surface area contributed by atoms with Crippen LogP contribution in [-0.4, -0.2) is 31.8 Å². The van der Waals surface area contributed by atoms with Gasteiger partial charge in [0.2, 0.25) is 17.8 Å². The molecule has 2 aromatic rings. The van der Waals surface area contributed by atoms with Crippen molar-refractivity contribution < 1.29 is 9.59 Å². The second-order valence-corrected chi connectivity index (χ2v) is 7.41. The van der Waals surface area contributed by atoms with E-state index in [9.17, 15) is 9.59 Å². The first kappa shape index (κ1) is 16.9. The summed E-state index contributed by atoms with van der Waals surface area (Å²) in [4.78, 5) is 39.7. The van der Waals surface area contributed by atoms with Crippen molar-refractivity contribution in [1.82, 2.24) is 19.9 Å². The van der Waals surface area contributed by atoms with Crippen LogP contribution in [0.1, 0.15) is 41.5 Å². The quantitative estimate of drug-likeness (QED) is 0.786. The fourth-order valence-corrected chi connectivity index (χ4v) is 1.56. The number of carbonyl (C=O) groups is 2. The second-order valence-electron chi connectivity index (χ2n) is 7.41. The molecule has 8 heteroatoms. The number of H-pyrrole nitrogens is 1. The van der Waals surface area contributed by atoms with Crippen LogP contribution in [-0.2, 0) is 9.59 Å². The third kappa shape index (κ3) is 3.82. The van der Waals surface area contributed by atoms with Crippen molar-refractivity contribution in [2.75, 3.05) is 10.6 Å². The molecule has 0 spiro atoms. The zero-order valence-corrected chi connectivity index (χ0v) is 14.2. The third-order valence-electron chi connectivity index (χ3n) is 3.11. The number of aromatic nitrogens is 4. The minimum Gasteiger partial charge on any atom is -0.340 e. The van der Waals surface area contributed by atoms with E-state index in [0.717, 1.165) is 0 Å². The van der Waals surface area contributed by atoms with Gasteiger partial charge in [0.15, 0.2) is 11.5 Å². The van der Waals surface area contributed by atoms with E-state index in [1.807, 2.05) is 0 Å². The Morgan fingerprint density at radius 2 is 1.52 bits per heavy atom. The number of carbonyl (C=O) groups excluding carboxylic acids is 2. The summed E-state index contributed by atoms with van der Waals surface area (Å²) in [5.74, 6) is -0.0222. The number of nitrogens with zero attached hydrogens (tertiary/aromatic N) is 3. The summed E-state index contributed by atoms with van der Waals surface area (Å²) >= 11 is 0. The highest BCUT2D eigenvalue weighted by atomic mass is 16.2. The molecule has 0 unspecified atom stereocenters. The molecule has 0 aliphatic rings. The third-order valence-corrected chi connectivity index (χ3v) is 3.11. The SMILES string of the molecule is CC(C)(C)C(=O)Nc1nc(NC(=O)C(C)(C)C)c2[nH]cnc2n1. The largest absolute Gasteiger partial charge is 0.340 e. The van der Waals surface area contributed by atoms with Crippen LogP contribution in [0, 0.1) is 10.8 Å². The van der Waals surface area contributed by atoms with Crippen LogP contribution in [0.3, 0.4) is 0 Å². The molecular weight excluding hydrogens is 296 g/mol. The fraction of sp³-hybridized carbons (Fsp3) is 0.533. The smallest absolute Gasteiger partial charge is 0.233 e. The number of anilines is 2. The fourth-order valence-electron chi connectivity index (χ4n) is 1.56. The Balaban J connectivity index is 2.38. The molecule has 0 saturated heterocycles. The molecule has 23 heavy (non-hydrogen) atoms. The van der Waals surface area contributed by atoms with E-state index in [1.54, 1.807) is 41.5 Å². The van der Waals surface area contributed by atoms with E-state index in [1.165, 1.54) is 6.33 Å². The van der Waals surface area contributed by atoms with E-state index in [0.29, 0.717) is 11.2 Å². The van der Waals surface area contributed by atoms with E-state index in [4.69, 9.17) is 0 Å². The number of amides is 2. The number of imidazole rings is 1. The van der Waals surface area contributed by atoms with E-state index >= 15 is 0 Å². The number of aromatic amines is 1. The molecular formula is C15H22N6O2. The first-order valence-corrected chi connectivity index (χ1v) is 7.32. The van der Waals surface area contributed by atoms with Gasteiger partial charge >= 0.3 is 0 Å². The molecule has 0 fully saturated rings. The summed E-state index contributed by atoms with van der Waals surface area (Å²) in [5.41, 5.74) is -0.282. The maximum atomic E-state index is 12.2. The van der Waals surface area contributed by atoms with Gasteiger partial charge in [0, 0.05) is 10.8 Å². The molecule has 0 saturated carbocycles. The predicted octanol–water partition coefficient (Wildman–Crippen LogP) is 2.32. The Kier molecular flexibility index (Phi) is 4.10. The van der Waals surface area contributed by atoms with E-state index < -0.39 is 10.8 Å². The van der Waals surface area contributed by atoms with Crippen molar-refractivity contribution in [2.24, 2.45) is 10.8 Å². The highest BCUT2D eigenvalue weighted by molar-refractivity contribution is 6.00. The molecule has 0 atom stereocenters. The lowest BCUT2D eigenvalue weighted by Crippen LogP contribution is -2.30. The van der Waals surface area contributed by atoms with Gasteiger partial charge in [-0.15, -0.1) is 0 Å². The molecule has 0 aliphatic heterocycles. The number of fused-ring (bicyclic) bond motifs is 1. The van der Waals surface area contributed by atoms with Gasteiger partial charge in [0.25, 0.3) is 0 Å². The van der Waals surface area contributed by atoms with Crippen molar-refractivity contribution >= 4 is 34.7 Å². The van der Waals surface area contributed by atoms with Gasteiger partial charge in [-0.05, 0) is 0 Å². The number of rotatable bonds is 2. The molecule has 2 rings (SSSR count). The summed E-state index contributed by atoms with van der Waals surface area (Å²) in [7, 11) is 0. The Bertz CT molecular complexity index is 751. The molecule has 0 aromatic carbocycles. The lowest BCUT2D eigenvalue weighted by Gasteiger charge is -2.19. The maximum Gasteiger partial charge on any atom is 0.233 e. The number of nitrogens with one attached hydrogen (secondary N) is 3. The highest BCUT2D eigenvalue weighted by Crippen LogP contribution is 2.23. The molecule has 0 radical (unpaired) electrons. The molecule has 2 amide bonds. The van der Waals surface area contributed by atoms with Crippen molar-refractivity contribution in [3.8, 4) is 0 Å². The van der Waals surface area contributed by atoms with E-state index in [-0.39, 0.29) is 23.6 Å². The zero-order chi connectivity index (χ0) is 17.4. The average Bonchev–Trinajstić information content (AvgIpc) is 2.84. The summed E-state index contributed by atoms with van der Waals surface area (Å²) in [6.07, 6.45) is 1.46. The second kappa shape index (κ2) is 5.60. The van der Waals surface area contributed by atoms with Crippen molar-refractivity contribution in [2.45, 2.75) is 41.5 Å². The van der Waals surface area contributed by atoms with Crippen LogP contribution in [0.2, 0.25) is 0 Å². The summed E-state index contributed by atoms with van der Waals surface area (Å²) < 4.78 is 0. The lowest BCUT2D eigenvalue weighted by atomic mass is 9.96. The molecule has 2 heterocycles. The van der Waals surface area contributed by atoms with Gasteiger partial charge in [-0.1, -0.05) is 41.5 Å². The average molecular weight is 318 g/mol. The predicted molar refractivity (Wildman–Crippen MR) is 87.9 cm³/mol. The monoisotopic (exact) mass is 318 g/mol. The maximum absolute atomic E-state index is 12.2. The number of hydrogen-bond acceptors (Lipinski definition) is 5. The van der Waals surface area contributed by atoms with Gasteiger partial charge in [-0.2, -0.15) is 9.97 Å². The normalized spacial score (nSPS) is 12.3. The molecule has 124 valence electrons. The van der Waals surface area contributed by atoms with Crippen LogP contribution >= 0.6 is 0 Å². The van der Waals surface area contributed by atoms with Crippen molar-refractivity contribution in [3.05, 3.63) is 6.33 Å². The topological polar surface area (TPSA) is 113 Å². The molecule has 0 bridgehead atoms. The summed E-state index contributed by atoms with van der Waals surface area (Å²) in [6.45, 7) is 10.8. The van der Waals surface area contributed by atoms with Gasteiger partial charge in [-0.3, -0.25) is 14.9 Å². The van der Waals surface area contributed by atoms with Crippen LogP contribution in [0.25, 0.3) is 11.2 Å². The van der Waals surface area contributed by atoms with Gasteiger partial charge in [0.1, 0.15) is 5.52 Å². The van der Waals surface area contributed by atoms with Crippen LogP contribution in [0.15, 0.2) is 6.33 Å². The Morgan fingerprint density at radius 1 is 0.957 bits per heavy atom. The minimum absolute atomic E-state index is 0.105.